The third-order valence-electron chi connectivity index (χ3n) is 5.50. The fourth-order valence-electron chi connectivity index (χ4n) is 3.79. The van der Waals surface area contributed by atoms with Gasteiger partial charge in [-0.25, -0.2) is 9.80 Å². The van der Waals surface area contributed by atoms with Crippen molar-refractivity contribution in [1.82, 2.24) is 5.01 Å². The number of anilines is 1. The smallest absolute Gasteiger partial charge is 0.306 e. The number of nitrogens with one attached hydrogen (secondary N) is 1. The average molecular weight is 537 g/mol. The van der Waals surface area contributed by atoms with Crippen LogP contribution < -0.4 is 5.32 Å². The van der Waals surface area contributed by atoms with Crippen LogP contribution in [0.1, 0.15) is 23.6 Å². The number of nitrogens with zero attached hydrogens (tertiary/aromatic N) is 2. The zero-order valence-electron chi connectivity index (χ0n) is 17.3. The summed E-state index contributed by atoms with van der Waals surface area (Å²) < 4.78 is 38.9. The standard InChI is InChI=1S/C24H18BrClF3N3O/c1-23(16-5-3-2-4-6-16)14-32(31-21(23)15-7-9-17(26)10-8-15)22(33)30-18-11-12-19(20(25)13-18)24(27,28)29/h2-13H,14H2,1H3,(H,30,33). The second kappa shape index (κ2) is 8.83. The van der Waals surface area contributed by atoms with E-state index in [1.807, 2.05) is 49.4 Å². The fraction of sp³-hybridized carbons (Fsp3) is 0.167. The van der Waals surface area contributed by atoms with E-state index in [9.17, 15) is 18.0 Å². The zero-order chi connectivity index (χ0) is 23.8. The Morgan fingerprint density at radius 3 is 2.36 bits per heavy atom. The molecule has 3 aromatic rings. The van der Waals surface area contributed by atoms with Gasteiger partial charge in [-0.15, -0.1) is 0 Å². The van der Waals surface area contributed by atoms with Gasteiger partial charge in [0.15, 0.2) is 0 Å². The van der Waals surface area contributed by atoms with E-state index in [4.69, 9.17) is 11.6 Å². The summed E-state index contributed by atoms with van der Waals surface area (Å²) in [6, 6.07) is 19.7. The minimum atomic E-state index is -4.49. The first-order valence-electron chi connectivity index (χ1n) is 9.94. The zero-order valence-corrected chi connectivity index (χ0v) is 19.7. The molecule has 4 rings (SSSR count). The maximum atomic E-state index is 13.0. The molecule has 0 bridgehead atoms. The van der Waals surface area contributed by atoms with Crippen LogP contribution in [0.3, 0.4) is 0 Å². The lowest BCUT2D eigenvalue weighted by Gasteiger charge is -2.27. The molecule has 2 amide bonds. The first-order chi connectivity index (χ1) is 15.6. The summed E-state index contributed by atoms with van der Waals surface area (Å²) in [5.74, 6) is 0. The number of carbonyl (C=O) groups is 1. The van der Waals surface area contributed by atoms with Crippen LogP contribution in [0.15, 0.2) is 82.4 Å². The number of rotatable bonds is 3. The number of hydrazone groups is 1. The number of halogens is 5. The Bertz CT molecular complexity index is 1220. The van der Waals surface area contributed by atoms with Crippen LogP contribution in [0.5, 0.6) is 0 Å². The molecule has 0 spiro atoms. The van der Waals surface area contributed by atoms with Crippen molar-refractivity contribution in [2.45, 2.75) is 18.5 Å². The molecule has 33 heavy (non-hydrogen) atoms. The normalized spacial score (nSPS) is 18.2. The van der Waals surface area contributed by atoms with Gasteiger partial charge in [-0.2, -0.15) is 18.3 Å². The van der Waals surface area contributed by atoms with E-state index in [1.54, 1.807) is 12.1 Å². The molecule has 3 aromatic carbocycles. The van der Waals surface area contributed by atoms with E-state index >= 15 is 0 Å². The van der Waals surface area contributed by atoms with Gasteiger partial charge < -0.3 is 5.32 Å². The van der Waals surface area contributed by atoms with E-state index in [-0.39, 0.29) is 16.7 Å². The lowest BCUT2D eigenvalue weighted by atomic mass is 9.76. The minimum absolute atomic E-state index is 0.159. The van der Waals surface area contributed by atoms with Crippen molar-refractivity contribution >= 4 is 45.0 Å². The summed E-state index contributed by atoms with van der Waals surface area (Å²) in [6.07, 6.45) is -4.49. The fourth-order valence-corrected chi connectivity index (χ4v) is 4.52. The van der Waals surface area contributed by atoms with Crippen LogP contribution in [0, 0.1) is 0 Å². The SMILES string of the molecule is CC1(c2ccccc2)CN(C(=O)Nc2ccc(C(F)(F)F)c(Br)c2)N=C1c1ccc(Cl)cc1. The highest BCUT2D eigenvalue weighted by atomic mass is 79.9. The van der Waals surface area contributed by atoms with Crippen molar-refractivity contribution in [2.75, 3.05) is 11.9 Å². The highest BCUT2D eigenvalue weighted by molar-refractivity contribution is 9.10. The van der Waals surface area contributed by atoms with Crippen molar-refractivity contribution in [3.05, 3.63) is 99.0 Å². The summed E-state index contributed by atoms with van der Waals surface area (Å²) in [6.45, 7) is 2.25. The summed E-state index contributed by atoms with van der Waals surface area (Å²) in [5, 5.41) is 9.11. The van der Waals surface area contributed by atoms with E-state index in [0.717, 1.165) is 17.2 Å². The monoisotopic (exact) mass is 535 g/mol. The first-order valence-corrected chi connectivity index (χ1v) is 11.1. The number of urea groups is 1. The Morgan fingerprint density at radius 1 is 1.09 bits per heavy atom. The third-order valence-corrected chi connectivity index (χ3v) is 6.41. The Balaban J connectivity index is 1.65. The molecule has 1 N–H and O–H groups in total. The molecule has 1 aliphatic heterocycles. The lowest BCUT2D eigenvalue weighted by Crippen LogP contribution is -2.38. The number of amides is 2. The number of hydrogen-bond donors (Lipinski definition) is 1. The molecule has 4 nitrogen and oxygen atoms in total. The van der Waals surface area contributed by atoms with Crippen molar-refractivity contribution < 1.29 is 18.0 Å². The Hall–Kier alpha value is -2.84. The summed E-state index contributed by atoms with van der Waals surface area (Å²) in [7, 11) is 0. The van der Waals surface area contributed by atoms with Gasteiger partial charge in [0.2, 0.25) is 0 Å². The van der Waals surface area contributed by atoms with E-state index < -0.39 is 23.2 Å². The first kappa shape index (κ1) is 23.3. The molecule has 1 atom stereocenters. The molecule has 0 radical (unpaired) electrons. The Labute approximate surface area is 202 Å². The van der Waals surface area contributed by atoms with Crippen LogP contribution in [-0.2, 0) is 11.6 Å². The van der Waals surface area contributed by atoms with Gasteiger partial charge in [-0.3, -0.25) is 0 Å². The van der Waals surface area contributed by atoms with E-state index in [1.165, 1.54) is 17.1 Å². The topological polar surface area (TPSA) is 44.7 Å². The van der Waals surface area contributed by atoms with Crippen LogP contribution in [0.25, 0.3) is 0 Å². The molecular weight excluding hydrogens is 519 g/mol. The average Bonchev–Trinajstić information content (AvgIpc) is 3.13. The van der Waals surface area contributed by atoms with Crippen LogP contribution >= 0.6 is 27.5 Å². The van der Waals surface area contributed by atoms with Crippen LogP contribution in [0.4, 0.5) is 23.7 Å². The molecule has 0 saturated heterocycles. The second-order valence-electron chi connectivity index (χ2n) is 7.83. The maximum Gasteiger partial charge on any atom is 0.417 e. The second-order valence-corrected chi connectivity index (χ2v) is 9.12. The van der Waals surface area contributed by atoms with Crippen molar-refractivity contribution in [1.29, 1.82) is 0 Å². The van der Waals surface area contributed by atoms with Crippen LogP contribution in [-0.4, -0.2) is 23.3 Å². The van der Waals surface area contributed by atoms with Crippen molar-refractivity contribution in [3.63, 3.8) is 0 Å². The molecule has 0 saturated carbocycles. The summed E-state index contributed by atoms with van der Waals surface area (Å²) in [5.41, 5.74) is 1.28. The Morgan fingerprint density at radius 2 is 1.76 bits per heavy atom. The minimum Gasteiger partial charge on any atom is -0.306 e. The van der Waals surface area contributed by atoms with Gasteiger partial charge in [0, 0.05) is 15.2 Å². The third kappa shape index (κ3) is 4.77. The van der Waals surface area contributed by atoms with E-state index in [0.29, 0.717) is 10.7 Å². The summed E-state index contributed by atoms with van der Waals surface area (Å²) in [4.78, 5) is 13.0. The molecule has 1 unspecified atom stereocenters. The van der Waals surface area contributed by atoms with Gasteiger partial charge in [-0.1, -0.05) is 70.0 Å². The number of benzene rings is 3. The van der Waals surface area contributed by atoms with Gasteiger partial charge in [0.05, 0.1) is 23.2 Å². The molecule has 1 aliphatic rings. The number of carbonyl (C=O) groups excluding carboxylic acids is 1. The molecule has 0 aliphatic carbocycles. The molecule has 170 valence electrons. The predicted octanol–water partition coefficient (Wildman–Crippen LogP) is 7.33. The largest absolute Gasteiger partial charge is 0.417 e. The number of hydrogen-bond acceptors (Lipinski definition) is 2. The van der Waals surface area contributed by atoms with Gasteiger partial charge in [0.1, 0.15) is 0 Å². The highest BCUT2D eigenvalue weighted by Gasteiger charge is 2.42. The molecule has 0 fully saturated rings. The van der Waals surface area contributed by atoms with Gasteiger partial charge in [0.25, 0.3) is 0 Å². The summed E-state index contributed by atoms with van der Waals surface area (Å²) >= 11 is 8.97. The maximum absolute atomic E-state index is 13.0. The van der Waals surface area contributed by atoms with E-state index in [2.05, 4.69) is 26.3 Å². The number of alkyl halides is 3. The van der Waals surface area contributed by atoms with Gasteiger partial charge >= 0.3 is 12.2 Å². The van der Waals surface area contributed by atoms with Crippen molar-refractivity contribution in [3.8, 4) is 0 Å². The van der Waals surface area contributed by atoms with Crippen molar-refractivity contribution in [2.24, 2.45) is 5.10 Å². The predicted molar refractivity (Wildman–Crippen MR) is 127 cm³/mol. The molecule has 9 heteroatoms. The molecule has 0 aromatic heterocycles. The molecule has 1 heterocycles. The van der Waals surface area contributed by atoms with Crippen LogP contribution in [0.2, 0.25) is 5.02 Å². The highest BCUT2D eigenvalue weighted by Crippen LogP contribution is 2.37. The van der Waals surface area contributed by atoms with Gasteiger partial charge in [-0.05, 0) is 48.4 Å². The molecular formula is C24H18BrClF3N3O. The lowest BCUT2D eigenvalue weighted by molar-refractivity contribution is -0.138. The quantitative estimate of drug-likeness (QED) is 0.374. The Kier molecular flexibility index (Phi) is 6.24.